The maximum atomic E-state index is 11.6. The largest absolute Gasteiger partial charge is 0.507 e. The van der Waals surface area contributed by atoms with Gasteiger partial charge in [-0.25, -0.2) is 0 Å². The van der Waals surface area contributed by atoms with Gasteiger partial charge in [-0.2, -0.15) is 0 Å². The average Bonchev–Trinajstić information content (AvgIpc) is 3.05. The van der Waals surface area contributed by atoms with Crippen molar-refractivity contribution in [3.05, 3.63) is 143 Å². The molecule has 0 amide bonds. The summed E-state index contributed by atoms with van der Waals surface area (Å²) in [5.74, 6) is -0.205. The van der Waals surface area contributed by atoms with Gasteiger partial charge in [0.2, 0.25) is 0 Å². The van der Waals surface area contributed by atoms with E-state index < -0.39 is 0 Å². The molecule has 46 heavy (non-hydrogen) atoms. The van der Waals surface area contributed by atoms with Crippen molar-refractivity contribution in [3.8, 4) is 17.2 Å². The molecule has 0 bridgehead atoms. The van der Waals surface area contributed by atoms with Crippen LogP contribution >= 0.6 is 0 Å². The molecule has 3 radical (unpaired) electrons. The lowest BCUT2D eigenvalue weighted by Gasteiger charge is -2.12. The third-order valence-corrected chi connectivity index (χ3v) is 8.15. The summed E-state index contributed by atoms with van der Waals surface area (Å²) in [6.07, 6.45) is 9.86. The summed E-state index contributed by atoms with van der Waals surface area (Å²) in [6, 6.07) is 27.6. The molecule has 0 heterocycles. The van der Waals surface area contributed by atoms with Crippen LogP contribution in [0.4, 0.5) is 0 Å². The van der Waals surface area contributed by atoms with Crippen molar-refractivity contribution in [1.29, 1.82) is 0 Å². The number of ketones is 3. The predicted octanol–water partition coefficient (Wildman–Crippen LogP) is 7.88. The highest BCUT2D eigenvalue weighted by Crippen LogP contribution is 2.36. The first-order valence-corrected chi connectivity index (χ1v) is 14.2. The number of phenolic OH excluding ortho intramolecular Hbond substituents is 3. The van der Waals surface area contributed by atoms with E-state index in [1.807, 2.05) is 72.8 Å². The molecule has 6 aromatic rings. The Hall–Kier alpha value is -5.74. The van der Waals surface area contributed by atoms with Crippen LogP contribution in [-0.4, -0.2) is 50.0 Å². The molecular weight excluding hydrogens is 591 g/mol. The molecule has 0 saturated carbocycles. The second kappa shape index (κ2) is 12.0. The lowest BCUT2D eigenvalue weighted by molar-refractivity contribution is 0.103. The van der Waals surface area contributed by atoms with E-state index >= 15 is 0 Å². The van der Waals surface area contributed by atoms with Gasteiger partial charge in [0.1, 0.15) is 17.2 Å². The molecule has 0 aromatic heterocycles. The molecule has 0 atom stereocenters. The van der Waals surface area contributed by atoms with Crippen LogP contribution in [0.2, 0.25) is 0 Å². The molecule has 3 aliphatic rings. The minimum absolute atomic E-state index is 0. The van der Waals surface area contributed by atoms with Crippen LogP contribution in [-0.2, 0) is 0 Å². The maximum Gasteiger partial charge on any atom is 0.190 e. The van der Waals surface area contributed by atoms with Crippen molar-refractivity contribution in [3.63, 3.8) is 0 Å². The topological polar surface area (TPSA) is 112 Å². The number of phenols is 3. The van der Waals surface area contributed by atoms with Gasteiger partial charge in [0.05, 0.1) is 16.7 Å². The first-order chi connectivity index (χ1) is 21.8. The zero-order chi connectivity index (χ0) is 31.2. The van der Waals surface area contributed by atoms with E-state index in [0.29, 0.717) is 16.7 Å². The van der Waals surface area contributed by atoms with Crippen LogP contribution < -0.4 is 0 Å². The normalized spacial score (nSPS) is 13.2. The maximum absolute atomic E-state index is 11.6. The summed E-state index contributed by atoms with van der Waals surface area (Å²) in [5.41, 5.74) is 4.22. The second-order valence-corrected chi connectivity index (χ2v) is 10.8. The quantitative estimate of drug-likeness (QED) is 0.150. The predicted molar refractivity (Wildman–Crippen MR) is 183 cm³/mol. The molecular formula is C39H24AlO6. The van der Waals surface area contributed by atoms with Gasteiger partial charge in [0, 0.05) is 33.5 Å². The summed E-state index contributed by atoms with van der Waals surface area (Å²) >= 11 is 0. The van der Waals surface area contributed by atoms with E-state index in [9.17, 15) is 29.7 Å². The van der Waals surface area contributed by atoms with E-state index in [0.717, 1.165) is 49.0 Å². The Balaban J connectivity index is 0.000000120. The molecule has 9 rings (SSSR count). The van der Waals surface area contributed by atoms with Crippen molar-refractivity contribution in [1.82, 2.24) is 0 Å². The van der Waals surface area contributed by atoms with E-state index in [1.165, 1.54) is 18.2 Å². The molecule has 3 N–H and O–H groups in total. The lowest BCUT2D eigenvalue weighted by atomic mass is 9.92. The fourth-order valence-electron chi connectivity index (χ4n) is 6.10. The van der Waals surface area contributed by atoms with E-state index in [4.69, 9.17) is 0 Å². The summed E-state index contributed by atoms with van der Waals surface area (Å²) < 4.78 is 0. The number of rotatable bonds is 0. The molecule has 7 heteroatoms. The third kappa shape index (κ3) is 5.08. The molecule has 0 unspecified atom stereocenters. The first-order valence-electron chi connectivity index (χ1n) is 14.2. The van der Waals surface area contributed by atoms with Crippen molar-refractivity contribution >= 4 is 85.3 Å². The third-order valence-electron chi connectivity index (χ3n) is 8.15. The Kier molecular flexibility index (Phi) is 7.89. The van der Waals surface area contributed by atoms with Gasteiger partial charge in [-0.1, -0.05) is 91.0 Å². The molecule has 0 spiro atoms. The number of hydrogen-bond acceptors (Lipinski definition) is 6. The van der Waals surface area contributed by atoms with Crippen molar-refractivity contribution < 1.29 is 29.7 Å². The Morgan fingerprint density at radius 1 is 0.348 bits per heavy atom. The smallest absolute Gasteiger partial charge is 0.190 e. The average molecular weight is 616 g/mol. The summed E-state index contributed by atoms with van der Waals surface area (Å²) in [4.78, 5) is 34.9. The highest BCUT2D eigenvalue weighted by Gasteiger charge is 2.20. The van der Waals surface area contributed by atoms with Crippen LogP contribution in [0.3, 0.4) is 0 Å². The monoisotopic (exact) mass is 615 g/mol. The minimum atomic E-state index is -0.128. The second-order valence-electron chi connectivity index (χ2n) is 10.8. The number of hydrogen-bond donors (Lipinski definition) is 3. The fourth-order valence-corrected chi connectivity index (χ4v) is 6.10. The van der Waals surface area contributed by atoms with Crippen molar-refractivity contribution in [2.45, 2.75) is 0 Å². The first kappa shape index (κ1) is 30.3. The summed E-state index contributed by atoms with van der Waals surface area (Å²) in [5, 5.41) is 34.6. The van der Waals surface area contributed by atoms with E-state index in [1.54, 1.807) is 36.4 Å². The molecule has 6 aromatic carbocycles. The van der Waals surface area contributed by atoms with Crippen LogP contribution in [0.15, 0.2) is 109 Å². The van der Waals surface area contributed by atoms with E-state index in [2.05, 4.69) is 0 Å². The minimum Gasteiger partial charge on any atom is -0.507 e. The van der Waals surface area contributed by atoms with Crippen molar-refractivity contribution in [2.75, 3.05) is 0 Å². The zero-order valence-corrected chi connectivity index (χ0v) is 25.4. The summed E-state index contributed by atoms with van der Waals surface area (Å²) in [7, 11) is 0. The van der Waals surface area contributed by atoms with Gasteiger partial charge >= 0.3 is 0 Å². The molecule has 219 valence electrons. The Morgan fingerprint density at radius 3 is 0.913 bits per heavy atom. The molecule has 3 aliphatic carbocycles. The highest BCUT2D eigenvalue weighted by atomic mass is 27.0. The number of allylic oxidation sites excluding steroid dienone is 3. The van der Waals surface area contributed by atoms with Gasteiger partial charge in [-0.15, -0.1) is 0 Å². The Bertz CT molecular complexity index is 2100. The summed E-state index contributed by atoms with van der Waals surface area (Å²) in [6.45, 7) is 0. The fraction of sp³-hybridized carbons (Fsp3) is 0. The Morgan fingerprint density at radius 2 is 0.630 bits per heavy atom. The highest BCUT2D eigenvalue weighted by molar-refractivity contribution is 6.23. The number of benzene rings is 6. The lowest BCUT2D eigenvalue weighted by Crippen LogP contribution is -2.01. The SMILES string of the molecule is O=C1C=Cc2cccc3ccc(O)c1c23.O=C1C=Cc2cccc3ccc(O)c1c23.O=C1C=Cc2cccc3ccc(O)c1c23.[Al]. The van der Waals surface area contributed by atoms with Gasteiger partial charge in [0.25, 0.3) is 0 Å². The van der Waals surface area contributed by atoms with Gasteiger partial charge in [0.15, 0.2) is 17.3 Å². The number of carbonyl (C=O) groups excluding carboxylic acids is 3. The standard InChI is InChI=1S/3C13H8O2.Al/c3*14-10-6-4-8-2-1-3-9-5-7-11(15)13(10)12(8)9;/h3*1-7,14H;. The molecule has 0 saturated heterocycles. The van der Waals surface area contributed by atoms with Gasteiger partial charge < -0.3 is 15.3 Å². The molecule has 0 aliphatic heterocycles. The van der Waals surface area contributed by atoms with Crippen molar-refractivity contribution in [2.24, 2.45) is 0 Å². The number of aromatic hydroxyl groups is 3. The van der Waals surface area contributed by atoms with Gasteiger partial charge in [-0.05, 0) is 69.3 Å². The van der Waals surface area contributed by atoms with Gasteiger partial charge in [-0.3, -0.25) is 14.4 Å². The van der Waals surface area contributed by atoms with Crippen LogP contribution in [0.5, 0.6) is 17.2 Å². The van der Waals surface area contributed by atoms with Crippen LogP contribution in [0, 0.1) is 0 Å². The van der Waals surface area contributed by atoms with E-state index in [-0.39, 0.29) is 52.0 Å². The van der Waals surface area contributed by atoms with Crippen LogP contribution in [0.25, 0.3) is 50.5 Å². The number of carbonyl (C=O) groups is 3. The zero-order valence-electron chi connectivity index (χ0n) is 24.3. The van der Waals surface area contributed by atoms with Crippen LogP contribution in [0.1, 0.15) is 47.8 Å². The Labute approximate surface area is 274 Å². The molecule has 0 fully saturated rings. The molecule has 6 nitrogen and oxygen atoms in total.